The van der Waals surface area contributed by atoms with E-state index in [-0.39, 0.29) is 0 Å². The van der Waals surface area contributed by atoms with Gasteiger partial charge in [0.2, 0.25) is 0 Å². The van der Waals surface area contributed by atoms with Crippen molar-refractivity contribution in [1.29, 1.82) is 0 Å². The molecule has 0 radical (unpaired) electrons. The quantitative estimate of drug-likeness (QED) is 0.590. The molecule has 2 rings (SSSR count). The monoisotopic (exact) mass is 236 g/mol. The summed E-state index contributed by atoms with van der Waals surface area (Å²) in [5, 5.41) is 10.7. The Morgan fingerprint density at radius 3 is 2.88 bits per heavy atom. The van der Waals surface area contributed by atoms with Crippen LogP contribution >= 0.6 is 0 Å². The maximum Gasteiger partial charge on any atom is 0.191 e. The first kappa shape index (κ1) is 11.9. The number of hydrogen-bond donors (Lipinski definition) is 2. The largest absolute Gasteiger partial charge is 0.354 e. The molecule has 0 amide bonds. The lowest BCUT2D eigenvalue weighted by atomic mass is 10.2. The number of aliphatic imine (C=N–C) groups is 1. The summed E-state index contributed by atoms with van der Waals surface area (Å²) in [5.41, 5.74) is 0. The van der Waals surface area contributed by atoms with Gasteiger partial charge in [0.25, 0.3) is 0 Å². The van der Waals surface area contributed by atoms with Gasteiger partial charge in [-0.05, 0) is 12.8 Å². The minimum absolute atomic E-state index is 0.570. The SMILES string of the molecule is CN=C(NCc1ncnn1C)NC1CCCC1. The van der Waals surface area contributed by atoms with Gasteiger partial charge < -0.3 is 10.6 Å². The standard InChI is InChI=1S/C11H20N6/c1-12-11(16-9-5-3-4-6-9)13-7-10-14-8-15-17(10)2/h8-9H,3-7H2,1-2H3,(H2,12,13,16). The van der Waals surface area contributed by atoms with Crippen LogP contribution in [0, 0.1) is 0 Å². The molecule has 1 fully saturated rings. The molecule has 0 aromatic carbocycles. The van der Waals surface area contributed by atoms with E-state index in [1.807, 2.05) is 7.05 Å². The van der Waals surface area contributed by atoms with E-state index < -0.39 is 0 Å². The Bertz CT molecular complexity index is 377. The fourth-order valence-corrected chi connectivity index (χ4v) is 2.10. The highest BCUT2D eigenvalue weighted by atomic mass is 15.3. The van der Waals surface area contributed by atoms with Crippen molar-refractivity contribution in [3.8, 4) is 0 Å². The molecule has 1 aliphatic rings. The van der Waals surface area contributed by atoms with Gasteiger partial charge in [-0.2, -0.15) is 5.10 Å². The zero-order chi connectivity index (χ0) is 12.1. The van der Waals surface area contributed by atoms with Gasteiger partial charge in [0, 0.05) is 20.1 Å². The van der Waals surface area contributed by atoms with Gasteiger partial charge in [-0.3, -0.25) is 9.67 Å². The predicted molar refractivity (Wildman–Crippen MR) is 66.6 cm³/mol. The van der Waals surface area contributed by atoms with E-state index in [0.717, 1.165) is 11.8 Å². The van der Waals surface area contributed by atoms with Gasteiger partial charge >= 0.3 is 0 Å². The van der Waals surface area contributed by atoms with Gasteiger partial charge in [-0.25, -0.2) is 4.98 Å². The average molecular weight is 236 g/mol. The molecule has 1 saturated carbocycles. The van der Waals surface area contributed by atoms with Gasteiger partial charge in [0.15, 0.2) is 5.96 Å². The lowest BCUT2D eigenvalue weighted by Crippen LogP contribution is -2.42. The first-order chi connectivity index (χ1) is 8.29. The molecular weight excluding hydrogens is 216 g/mol. The first-order valence-electron chi connectivity index (χ1n) is 6.09. The lowest BCUT2D eigenvalue weighted by molar-refractivity contribution is 0.605. The van der Waals surface area contributed by atoms with E-state index >= 15 is 0 Å². The minimum Gasteiger partial charge on any atom is -0.354 e. The molecule has 1 aliphatic carbocycles. The summed E-state index contributed by atoms with van der Waals surface area (Å²) in [7, 11) is 3.68. The van der Waals surface area contributed by atoms with Crippen LogP contribution in [0.2, 0.25) is 0 Å². The molecule has 0 saturated heterocycles. The summed E-state index contributed by atoms with van der Waals surface area (Å²) in [4.78, 5) is 8.38. The minimum atomic E-state index is 0.570. The number of rotatable bonds is 3. The Labute approximate surface area is 102 Å². The number of aromatic nitrogens is 3. The molecule has 6 nitrogen and oxygen atoms in total. The highest BCUT2D eigenvalue weighted by Gasteiger charge is 2.15. The van der Waals surface area contributed by atoms with Crippen molar-refractivity contribution >= 4 is 5.96 Å². The third kappa shape index (κ3) is 3.18. The van der Waals surface area contributed by atoms with E-state index in [1.54, 1.807) is 18.1 Å². The highest BCUT2D eigenvalue weighted by Crippen LogP contribution is 2.17. The van der Waals surface area contributed by atoms with Gasteiger partial charge in [-0.15, -0.1) is 0 Å². The molecule has 0 atom stereocenters. The van der Waals surface area contributed by atoms with Gasteiger partial charge in [-0.1, -0.05) is 12.8 Å². The Hall–Kier alpha value is -1.59. The van der Waals surface area contributed by atoms with Crippen LogP contribution in [0.25, 0.3) is 0 Å². The molecule has 6 heteroatoms. The number of hydrogen-bond acceptors (Lipinski definition) is 3. The Morgan fingerprint density at radius 1 is 1.53 bits per heavy atom. The second-order valence-electron chi connectivity index (χ2n) is 4.35. The molecule has 0 spiro atoms. The van der Waals surface area contributed by atoms with E-state index in [9.17, 15) is 0 Å². The molecule has 1 aromatic rings. The molecule has 0 bridgehead atoms. The molecule has 17 heavy (non-hydrogen) atoms. The summed E-state index contributed by atoms with van der Waals surface area (Å²) in [6.45, 7) is 0.642. The molecular formula is C11H20N6. The average Bonchev–Trinajstić information content (AvgIpc) is 2.96. The maximum atomic E-state index is 4.22. The van der Waals surface area contributed by atoms with Crippen LogP contribution in [0.1, 0.15) is 31.5 Å². The summed E-state index contributed by atoms with van der Waals surface area (Å²) in [6, 6.07) is 0.570. The summed E-state index contributed by atoms with van der Waals surface area (Å²) in [5.74, 6) is 1.75. The van der Waals surface area contributed by atoms with E-state index in [4.69, 9.17) is 0 Å². The fourth-order valence-electron chi connectivity index (χ4n) is 2.10. The summed E-state index contributed by atoms with van der Waals surface area (Å²) < 4.78 is 1.76. The van der Waals surface area contributed by atoms with E-state index in [1.165, 1.54) is 25.7 Å². The predicted octanol–water partition coefficient (Wildman–Crippen LogP) is 0.423. The van der Waals surface area contributed by atoms with Crippen LogP contribution in [0.4, 0.5) is 0 Å². The Morgan fingerprint density at radius 2 is 2.29 bits per heavy atom. The number of nitrogens with one attached hydrogen (secondary N) is 2. The van der Waals surface area contributed by atoms with E-state index in [2.05, 4.69) is 25.7 Å². The molecule has 2 N–H and O–H groups in total. The summed E-state index contributed by atoms with van der Waals surface area (Å²) in [6.07, 6.45) is 6.68. The smallest absolute Gasteiger partial charge is 0.191 e. The van der Waals surface area contributed by atoms with E-state index in [0.29, 0.717) is 12.6 Å². The van der Waals surface area contributed by atoms with Gasteiger partial charge in [0.1, 0.15) is 12.2 Å². The zero-order valence-electron chi connectivity index (χ0n) is 10.5. The van der Waals surface area contributed by atoms with Crippen molar-refractivity contribution < 1.29 is 0 Å². The third-order valence-electron chi connectivity index (χ3n) is 3.14. The van der Waals surface area contributed by atoms with Crippen LogP contribution in [-0.4, -0.2) is 33.8 Å². The Kier molecular flexibility index (Phi) is 3.95. The zero-order valence-corrected chi connectivity index (χ0v) is 10.5. The lowest BCUT2D eigenvalue weighted by Gasteiger charge is -2.16. The van der Waals surface area contributed by atoms with Crippen LogP contribution in [-0.2, 0) is 13.6 Å². The molecule has 1 heterocycles. The number of nitrogens with zero attached hydrogens (tertiary/aromatic N) is 4. The Balaban J connectivity index is 1.81. The second-order valence-corrected chi connectivity index (χ2v) is 4.35. The second kappa shape index (κ2) is 5.65. The van der Waals surface area contributed by atoms with Crippen molar-refractivity contribution in [2.45, 2.75) is 38.3 Å². The number of aryl methyl sites for hydroxylation is 1. The van der Waals surface area contributed by atoms with Gasteiger partial charge in [0.05, 0.1) is 6.54 Å². The topological polar surface area (TPSA) is 67.1 Å². The first-order valence-corrected chi connectivity index (χ1v) is 6.09. The van der Waals surface area contributed by atoms with Crippen molar-refractivity contribution in [3.05, 3.63) is 12.2 Å². The van der Waals surface area contributed by atoms with Crippen molar-refractivity contribution in [2.75, 3.05) is 7.05 Å². The molecule has 94 valence electrons. The van der Waals surface area contributed by atoms with Crippen LogP contribution in [0.15, 0.2) is 11.3 Å². The maximum absolute atomic E-state index is 4.22. The third-order valence-corrected chi connectivity index (χ3v) is 3.14. The summed E-state index contributed by atoms with van der Waals surface area (Å²) >= 11 is 0. The van der Waals surface area contributed by atoms with Crippen LogP contribution < -0.4 is 10.6 Å². The van der Waals surface area contributed by atoms with Crippen LogP contribution in [0.5, 0.6) is 0 Å². The van der Waals surface area contributed by atoms with Crippen molar-refractivity contribution in [1.82, 2.24) is 25.4 Å². The molecule has 1 aromatic heterocycles. The highest BCUT2D eigenvalue weighted by molar-refractivity contribution is 5.79. The normalized spacial score (nSPS) is 17.4. The van der Waals surface area contributed by atoms with Crippen molar-refractivity contribution in [2.24, 2.45) is 12.0 Å². The van der Waals surface area contributed by atoms with Crippen molar-refractivity contribution in [3.63, 3.8) is 0 Å². The van der Waals surface area contributed by atoms with Crippen LogP contribution in [0.3, 0.4) is 0 Å². The fraction of sp³-hybridized carbons (Fsp3) is 0.727. The molecule has 0 unspecified atom stereocenters. The number of guanidine groups is 1. The molecule has 0 aliphatic heterocycles.